The van der Waals surface area contributed by atoms with Crippen LogP contribution in [0.3, 0.4) is 0 Å². The second-order valence-corrected chi connectivity index (χ2v) is 3.54. The molecular weight excluding hydrogens is 230 g/mol. The first kappa shape index (κ1) is 13.5. The minimum atomic E-state index is -2.71. The van der Waals surface area contributed by atoms with E-state index in [9.17, 15) is 13.6 Å². The highest BCUT2D eigenvalue weighted by molar-refractivity contribution is 5.73. The van der Waals surface area contributed by atoms with Crippen LogP contribution in [-0.2, 0) is 22.5 Å². The van der Waals surface area contributed by atoms with Gasteiger partial charge in [0.25, 0.3) is 6.43 Å². The van der Waals surface area contributed by atoms with E-state index < -0.39 is 12.4 Å². The molecule has 0 aromatic carbocycles. The number of carbonyl (C=O) groups excluding carboxylic acids is 1. The molecule has 0 radical (unpaired) electrons. The molecule has 0 unspecified atom stereocenters. The van der Waals surface area contributed by atoms with Crippen LogP contribution in [0.5, 0.6) is 0 Å². The van der Waals surface area contributed by atoms with E-state index in [1.54, 1.807) is 6.92 Å². The molecule has 0 saturated heterocycles. The Morgan fingerprint density at radius 1 is 1.59 bits per heavy atom. The molecule has 6 heteroatoms. The fourth-order valence-corrected chi connectivity index (χ4v) is 1.58. The van der Waals surface area contributed by atoms with Crippen LogP contribution in [0.2, 0.25) is 0 Å². The number of aryl methyl sites for hydroxylation is 1. The van der Waals surface area contributed by atoms with E-state index in [0.29, 0.717) is 5.56 Å². The van der Waals surface area contributed by atoms with Crippen LogP contribution in [-0.4, -0.2) is 18.1 Å². The van der Waals surface area contributed by atoms with Crippen molar-refractivity contribution in [3.8, 4) is 0 Å². The van der Waals surface area contributed by atoms with Crippen molar-refractivity contribution in [2.75, 3.05) is 7.11 Å². The SMILES string of the molecule is COC(=O)Cc1c(C)cnc(CN)c1C(F)F. The third-order valence-corrected chi connectivity index (χ3v) is 2.49. The Balaban J connectivity index is 3.28. The highest BCUT2D eigenvalue weighted by atomic mass is 19.3. The Morgan fingerprint density at radius 3 is 2.71 bits per heavy atom. The van der Waals surface area contributed by atoms with Gasteiger partial charge in [-0.2, -0.15) is 0 Å². The third-order valence-electron chi connectivity index (χ3n) is 2.49. The molecule has 1 heterocycles. The van der Waals surface area contributed by atoms with E-state index in [1.165, 1.54) is 13.3 Å². The number of hydrogen-bond acceptors (Lipinski definition) is 4. The third kappa shape index (κ3) is 2.97. The summed E-state index contributed by atoms with van der Waals surface area (Å²) in [4.78, 5) is 15.0. The van der Waals surface area contributed by atoms with Crippen molar-refractivity contribution in [1.82, 2.24) is 4.98 Å². The van der Waals surface area contributed by atoms with Crippen LogP contribution in [0.1, 0.15) is 28.8 Å². The topological polar surface area (TPSA) is 65.2 Å². The number of pyridine rings is 1. The molecule has 0 bridgehead atoms. The van der Waals surface area contributed by atoms with Gasteiger partial charge in [-0.05, 0) is 18.1 Å². The summed E-state index contributed by atoms with van der Waals surface area (Å²) >= 11 is 0. The standard InChI is InChI=1S/C11H14F2N2O2/c1-6-5-15-8(4-14)10(11(12)13)7(6)3-9(16)17-2/h5,11H,3-4,14H2,1-2H3. The molecule has 17 heavy (non-hydrogen) atoms. The number of rotatable bonds is 4. The fraction of sp³-hybridized carbons (Fsp3) is 0.455. The highest BCUT2D eigenvalue weighted by Gasteiger charge is 2.22. The number of nitrogens with two attached hydrogens (primary N) is 1. The second kappa shape index (κ2) is 5.67. The number of ether oxygens (including phenoxy) is 1. The first-order valence-corrected chi connectivity index (χ1v) is 5.03. The molecule has 1 rings (SSSR count). The average molecular weight is 244 g/mol. The normalized spacial score (nSPS) is 10.7. The van der Waals surface area contributed by atoms with Gasteiger partial charge in [-0.25, -0.2) is 8.78 Å². The zero-order valence-electron chi connectivity index (χ0n) is 9.67. The van der Waals surface area contributed by atoms with E-state index in [-0.39, 0.29) is 29.8 Å². The molecule has 4 nitrogen and oxygen atoms in total. The summed E-state index contributed by atoms with van der Waals surface area (Å²) in [6, 6.07) is 0. The predicted molar refractivity (Wildman–Crippen MR) is 57.5 cm³/mol. The van der Waals surface area contributed by atoms with E-state index in [1.807, 2.05) is 0 Å². The van der Waals surface area contributed by atoms with Gasteiger partial charge >= 0.3 is 5.97 Å². The summed E-state index contributed by atoms with van der Waals surface area (Å²) in [6.07, 6.45) is -1.47. The smallest absolute Gasteiger partial charge is 0.310 e. The van der Waals surface area contributed by atoms with Gasteiger partial charge < -0.3 is 10.5 Å². The first-order valence-electron chi connectivity index (χ1n) is 5.03. The van der Waals surface area contributed by atoms with Gasteiger partial charge in [0, 0.05) is 18.3 Å². The van der Waals surface area contributed by atoms with E-state index in [4.69, 9.17) is 5.73 Å². The number of methoxy groups -OCH3 is 1. The van der Waals surface area contributed by atoms with Gasteiger partial charge in [0.2, 0.25) is 0 Å². The molecule has 0 fully saturated rings. The van der Waals surface area contributed by atoms with Crippen molar-refractivity contribution >= 4 is 5.97 Å². The Labute approximate surface area is 97.8 Å². The van der Waals surface area contributed by atoms with Crippen LogP contribution in [0.25, 0.3) is 0 Å². The molecule has 2 N–H and O–H groups in total. The van der Waals surface area contributed by atoms with Crippen molar-refractivity contribution in [3.05, 3.63) is 28.6 Å². The van der Waals surface area contributed by atoms with Crippen molar-refractivity contribution in [1.29, 1.82) is 0 Å². The van der Waals surface area contributed by atoms with Gasteiger partial charge in [0.05, 0.1) is 19.2 Å². The molecule has 94 valence electrons. The Kier molecular flexibility index (Phi) is 4.51. The molecule has 0 atom stereocenters. The predicted octanol–water partition coefficient (Wildman–Crippen LogP) is 1.50. The molecule has 0 aliphatic heterocycles. The minimum absolute atomic E-state index is 0.0892. The van der Waals surface area contributed by atoms with Crippen molar-refractivity contribution in [2.45, 2.75) is 26.3 Å². The van der Waals surface area contributed by atoms with E-state index >= 15 is 0 Å². The lowest BCUT2D eigenvalue weighted by atomic mass is 9.99. The zero-order valence-corrected chi connectivity index (χ0v) is 9.67. The number of hydrogen-bond donors (Lipinski definition) is 1. The number of alkyl halides is 2. The summed E-state index contributed by atoms with van der Waals surface area (Å²) in [5, 5.41) is 0. The molecule has 0 saturated carbocycles. The molecule has 0 spiro atoms. The number of nitrogens with zero attached hydrogens (tertiary/aromatic N) is 1. The summed E-state index contributed by atoms with van der Waals surface area (Å²) in [5.41, 5.74) is 6.00. The maximum Gasteiger partial charge on any atom is 0.310 e. The van der Waals surface area contributed by atoms with Gasteiger partial charge in [0.1, 0.15) is 0 Å². The molecule has 0 aliphatic rings. The quantitative estimate of drug-likeness (QED) is 0.815. The summed E-state index contributed by atoms with van der Waals surface area (Å²) in [7, 11) is 1.21. The van der Waals surface area contributed by atoms with Gasteiger partial charge in [-0.15, -0.1) is 0 Å². The van der Waals surface area contributed by atoms with E-state index in [0.717, 1.165) is 0 Å². The molecular formula is C11H14F2N2O2. The number of esters is 1. The largest absolute Gasteiger partial charge is 0.469 e. The molecule has 1 aromatic rings. The van der Waals surface area contributed by atoms with Crippen molar-refractivity contribution in [3.63, 3.8) is 0 Å². The number of halogens is 2. The van der Waals surface area contributed by atoms with Crippen LogP contribution in [0, 0.1) is 6.92 Å². The second-order valence-electron chi connectivity index (χ2n) is 3.54. The number of aromatic nitrogens is 1. The van der Waals surface area contributed by atoms with Crippen LogP contribution in [0.4, 0.5) is 8.78 Å². The maximum absolute atomic E-state index is 13.0. The maximum atomic E-state index is 13.0. The minimum Gasteiger partial charge on any atom is -0.469 e. The lowest BCUT2D eigenvalue weighted by molar-refractivity contribution is -0.139. The highest BCUT2D eigenvalue weighted by Crippen LogP contribution is 2.28. The molecule has 1 aromatic heterocycles. The monoisotopic (exact) mass is 244 g/mol. The fourth-order valence-electron chi connectivity index (χ4n) is 1.58. The Hall–Kier alpha value is -1.56. The van der Waals surface area contributed by atoms with Crippen molar-refractivity contribution in [2.24, 2.45) is 5.73 Å². The molecule has 0 aliphatic carbocycles. The van der Waals surface area contributed by atoms with Gasteiger partial charge in [-0.3, -0.25) is 9.78 Å². The summed E-state index contributed by atoms with van der Waals surface area (Å²) in [6.45, 7) is 1.53. The van der Waals surface area contributed by atoms with E-state index in [2.05, 4.69) is 9.72 Å². The first-order chi connectivity index (χ1) is 8.01. The summed E-state index contributed by atoms with van der Waals surface area (Å²) < 4.78 is 30.4. The molecule has 0 amide bonds. The lowest BCUT2D eigenvalue weighted by Gasteiger charge is -2.14. The Bertz CT molecular complexity index is 422. The average Bonchev–Trinajstić information content (AvgIpc) is 2.30. The van der Waals surface area contributed by atoms with Crippen LogP contribution >= 0.6 is 0 Å². The summed E-state index contributed by atoms with van der Waals surface area (Å²) in [5.74, 6) is -0.566. The zero-order chi connectivity index (χ0) is 13.0. The lowest BCUT2D eigenvalue weighted by Crippen LogP contribution is -2.14. The van der Waals surface area contributed by atoms with Gasteiger partial charge in [-0.1, -0.05) is 0 Å². The van der Waals surface area contributed by atoms with Crippen LogP contribution < -0.4 is 5.73 Å². The van der Waals surface area contributed by atoms with Crippen molar-refractivity contribution < 1.29 is 18.3 Å². The number of carbonyl (C=O) groups is 1. The van der Waals surface area contributed by atoms with Gasteiger partial charge in [0.15, 0.2) is 0 Å². The Morgan fingerprint density at radius 2 is 2.24 bits per heavy atom. The van der Waals surface area contributed by atoms with Crippen LogP contribution in [0.15, 0.2) is 6.20 Å².